The quantitative estimate of drug-likeness (QED) is 0.200. The number of ether oxygens (including phenoxy) is 2. The number of nitrogens with zero attached hydrogens (tertiary/aromatic N) is 3. The lowest BCUT2D eigenvalue weighted by Gasteiger charge is -2.26. The van der Waals surface area contributed by atoms with Crippen LogP contribution in [0.3, 0.4) is 0 Å². The summed E-state index contributed by atoms with van der Waals surface area (Å²) in [6, 6.07) is 6.25. The molecule has 0 aromatic heterocycles. The maximum absolute atomic E-state index is 11.9. The largest absolute Gasteiger partial charge is 0.496 e. The Hall–Kier alpha value is -1.59. The van der Waals surface area contributed by atoms with Crippen LogP contribution in [0.1, 0.15) is 17.5 Å². The van der Waals surface area contributed by atoms with Crippen molar-refractivity contribution in [2.75, 3.05) is 73.7 Å². The Morgan fingerprint density at radius 1 is 1.23 bits per heavy atom. The Kier molecular flexibility index (Phi) is 13.5. The average molecular weight is 547 g/mol. The van der Waals surface area contributed by atoms with Gasteiger partial charge in [-0.15, -0.1) is 24.0 Å². The third-order valence-electron chi connectivity index (χ3n) is 5.10. The second kappa shape index (κ2) is 15.3. The molecule has 1 aliphatic rings. The van der Waals surface area contributed by atoms with Gasteiger partial charge in [0.25, 0.3) is 0 Å². The van der Waals surface area contributed by atoms with Gasteiger partial charge in [-0.1, -0.05) is 12.1 Å². The van der Waals surface area contributed by atoms with Gasteiger partial charge in [0.1, 0.15) is 12.3 Å². The van der Waals surface area contributed by atoms with E-state index in [9.17, 15) is 4.79 Å². The highest BCUT2D eigenvalue weighted by Gasteiger charge is 2.10. The number of rotatable bonds is 10. The standard InChI is InChI=1S/C22H37N5O3.HI/c1-18-6-7-19(16-20(18)29-4)8-10-24-22(25-17-21(28)26(2)3)23-9-5-11-27-12-14-30-15-13-27;/h6-7,16H,5,8-15,17H2,1-4H3,(H2,23,24,25);1H. The first kappa shape index (κ1) is 27.4. The van der Waals surface area contributed by atoms with Crippen LogP contribution in [0, 0.1) is 6.92 Å². The number of hydrogen-bond donors (Lipinski definition) is 2. The highest BCUT2D eigenvalue weighted by molar-refractivity contribution is 14.0. The summed E-state index contributed by atoms with van der Waals surface area (Å²) in [5.74, 6) is 1.55. The lowest BCUT2D eigenvalue weighted by molar-refractivity contribution is -0.127. The lowest BCUT2D eigenvalue weighted by atomic mass is 10.1. The van der Waals surface area contributed by atoms with Gasteiger partial charge >= 0.3 is 0 Å². The summed E-state index contributed by atoms with van der Waals surface area (Å²) in [6.45, 7) is 8.35. The molecule has 0 unspecified atom stereocenters. The van der Waals surface area contributed by atoms with Crippen LogP contribution in [0.2, 0.25) is 0 Å². The van der Waals surface area contributed by atoms with Crippen molar-refractivity contribution >= 4 is 35.8 Å². The Morgan fingerprint density at radius 2 is 1.94 bits per heavy atom. The number of hydrogen-bond acceptors (Lipinski definition) is 5. The van der Waals surface area contributed by atoms with E-state index in [-0.39, 0.29) is 36.4 Å². The molecular weight excluding hydrogens is 509 g/mol. The Balaban J connectivity index is 0.00000480. The Morgan fingerprint density at radius 3 is 2.61 bits per heavy atom. The number of aliphatic imine (C=N–C) groups is 1. The number of halogens is 1. The molecule has 0 bridgehead atoms. The number of amides is 1. The smallest absolute Gasteiger partial charge is 0.243 e. The van der Waals surface area contributed by atoms with Crippen molar-refractivity contribution in [2.24, 2.45) is 4.99 Å². The minimum Gasteiger partial charge on any atom is -0.496 e. The van der Waals surface area contributed by atoms with Crippen molar-refractivity contribution in [2.45, 2.75) is 19.8 Å². The molecular formula is C22H38IN5O3. The molecule has 1 aromatic carbocycles. The van der Waals surface area contributed by atoms with Gasteiger partial charge < -0.3 is 25.0 Å². The zero-order valence-corrected chi connectivity index (χ0v) is 21.6. The molecule has 1 heterocycles. The lowest BCUT2D eigenvalue weighted by Crippen LogP contribution is -2.41. The van der Waals surface area contributed by atoms with Crippen LogP contribution in [0.15, 0.2) is 23.2 Å². The monoisotopic (exact) mass is 547 g/mol. The molecule has 0 spiro atoms. The fourth-order valence-electron chi connectivity index (χ4n) is 3.14. The molecule has 1 saturated heterocycles. The minimum absolute atomic E-state index is 0. The van der Waals surface area contributed by atoms with Gasteiger partial charge in [0.05, 0.1) is 20.3 Å². The molecule has 1 aromatic rings. The molecule has 2 N–H and O–H groups in total. The zero-order chi connectivity index (χ0) is 21.8. The fraction of sp³-hybridized carbons (Fsp3) is 0.636. The molecule has 1 amide bonds. The van der Waals surface area contributed by atoms with Gasteiger partial charge in [0, 0.05) is 40.3 Å². The summed E-state index contributed by atoms with van der Waals surface area (Å²) in [5, 5.41) is 6.70. The third-order valence-corrected chi connectivity index (χ3v) is 5.10. The molecule has 1 fully saturated rings. The van der Waals surface area contributed by atoms with E-state index in [1.165, 1.54) is 5.56 Å². The van der Waals surface area contributed by atoms with Crippen LogP contribution in [-0.2, 0) is 16.0 Å². The molecule has 2 rings (SSSR count). The van der Waals surface area contributed by atoms with E-state index in [0.29, 0.717) is 5.96 Å². The van der Waals surface area contributed by atoms with Gasteiger partial charge in [-0.25, -0.2) is 4.99 Å². The fourth-order valence-corrected chi connectivity index (χ4v) is 3.14. The van der Waals surface area contributed by atoms with Crippen molar-refractivity contribution in [3.05, 3.63) is 29.3 Å². The molecule has 0 aliphatic carbocycles. The molecule has 9 heteroatoms. The first-order valence-corrected chi connectivity index (χ1v) is 10.7. The predicted molar refractivity (Wildman–Crippen MR) is 136 cm³/mol. The summed E-state index contributed by atoms with van der Waals surface area (Å²) in [6.07, 6.45) is 1.85. The van der Waals surface area contributed by atoms with Crippen LogP contribution in [0.25, 0.3) is 0 Å². The van der Waals surface area contributed by atoms with Crippen molar-refractivity contribution in [1.82, 2.24) is 20.4 Å². The zero-order valence-electron chi connectivity index (χ0n) is 19.3. The number of methoxy groups -OCH3 is 1. The van der Waals surface area contributed by atoms with Gasteiger partial charge in [0.2, 0.25) is 5.91 Å². The first-order valence-electron chi connectivity index (χ1n) is 10.7. The van der Waals surface area contributed by atoms with Crippen molar-refractivity contribution in [1.29, 1.82) is 0 Å². The van der Waals surface area contributed by atoms with E-state index < -0.39 is 0 Å². The van der Waals surface area contributed by atoms with Crippen molar-refractivity contribution in [3.8, 4) is 5.75 Å². The molecule has 0 atom stereocenters. The molecule has 31 heavy (non-hydrogen) atoms. The number of aryl methyl sites for hydroxylation is 1. The van der Waals surface area contributed by atoms with E-state index in [2.05, 4.69) is 38.7 Å². The highest BCUT2D eigenvalue weighted by atomic mass is 127. The molecule has 1 aliphatic heterocycles. The minimum atomic E-state index is -0.0207. The number of carbonyl (C=O) groups is 1. The summed E-state index contributed by atoms with van der Waals surface area (Å²) < 4.78 is 10.8. The summed E-state index contributed by atoms with van der Waals surface area (Å²) >= 11 is 0. The highest BCUT2D eigenvalue weighted by Crippen LogP contribution is 2.18. The van der Waals surface area contributed by atoms with Crippen molar-refractivity contribution < 1.29 is 14.3 Å². The topological polar surface area (TPSA) is 78.4 Å². The SMILES string of the molecule is COc1cc(CCNC(=NCC(=O)N(C)C)NCCCN2CCOCC2)ccc1C.I. The van der Waals surface area contributed by atoms with Crippen LogP contribution in [0.4, 0.5) is 0 Å². The van der Waals surface area contributed by atoms with E-state index in [1.807, 2.05) is 6.92 Å². The summed E-state index contributed by atoms with van der Waals surface area (Å²) in [4.78, 5) is 20.3. The van der Waals surface area contributed by atoms with Gasteiger partial charge in [0.15, 0.2) is 5.96 Å². The number of guanidine groups is 1. The second-order valence-electron chi connectivity index (χ2n) is 7.67. The molecule has 176 valence electrons. The normalized spacial score (nSPS) is 14.5. The second-order valence-corrected chi connectivity index (χ2v) is 7.67. The number of carbonyl (C=O) groups excluding carboxylic acids is 1. The average Bonchev–Trinajstić information content (AvgIpc) is 2.75. The molecule has 0 radical (unpaired) electrons. The van der Waals surface area contributed by atoms with E-state index in [0.717, 1.165) is 70.1 Å². The van der Waals surface area contributed by atoms with Crippen LogP contribution < -0.4 is 15.4 Å². The van der Waals surface area contributed by atoms with Crippen LogP contribution in [0.5, 0.6) is 5.75 Å². The third kappa shape index (κ3) is 10.5. The number of benzene rings is 1. The first-order chi connectivity index (χ1) is 14.5. The predicted octanol–water partition coefficient (Wildman–Crippen LogP) is 1.51. The van der Waals surface area contributed by atoms with Crippen molar-refractivity contribution in [3.63, 3.8) is 0 Å². The molecule has 8 nitrogen and oxygen atoms in total. The summed E-state index contributed by atoms with van der Waals surface area (Å²) in [5.41, 5.74) is 2.32. The van der Waals surface area contributed by atoms with Crippen LogP contribution >= 0.6 is 24.0 Å². The van der Waals surface area contributed by atoms with Gasteiger partial charge in [-0.2, -0.15) is 0 Å². The van der Waals surface area contributed by atoms with Gasteiger partial charge in [-0.3, -0.25) is 9.69 Å². The molecule has 0 saturated carbocycles. The number of nitrogens with one attached hydrogen (secondary N) is 2. The Labute approximate surface area is 203 Å². The number of morpholine rings is 1. The van der Waals surface area contributed by atoms with E-state index in [4.69, 9.17) is 9.47 Å². The van der Waals surface area contributed by atoms with E-state index in [1.54, 1.807) is 26.1 Å². The van der Waals surface area contributed by atoms with Gasteiger partial charge in [-0.05, 0) is 43.5 Å². The summed E-state index contributed by atoms with van der Waals surface area (Å²) in [7, 11) is 5.18. The maximum atomic E-state index is 11.9. The number of likely N-dealkylation sites (N-methyl/N-ethyl adjacent to an activating group) is 1. The van der Waals surface area contributed by atoms with E-state index >= 15 is 0 Å². The maximum Gasteiger partial charge on any atom is 0.243 e. The Bertz CT molecular complexity index is 694. The van der Waals surface area contributed by atoms with Crippen LogP contribution in [-0.4, -0.2) is 95.4 Å².